The Bertz CT molecular complexity index is 492. The van der Waals surface area contributed by atoms with Crippen molar-refractivity contribution in [1.29, 1.82) is 0 Å². The van der Waals surface area contributed by atoms with Gasteiger partial charge in [-0.3, -0.25) is 0 Å². The van der Waals surface area contributed by atoms with E-state index in [1.165, 1.54) is 12.8 Å². The van der Waals surface area contributed by atoms with Gasteiger partial charge in [-0.15, -0.1) is 0 Å². The van der Waals surface area contributed by atoms with Crippen molar-refractivity contribution in [2.24, 2.45) is 5.92 Å². The van der Waals surface area contributed by atoms with Crippen LogP contribution in [-0.2, 0) is 16.4 Å². The third-order valence-corrected chi connectivity index (χ3v) is 4.89. The molecular formula is C14H21NO3S. The number of rotatable bonds is 8. The first kappa shape index (κ1) is 14.5. The van der Waals surface area contributed by atoms with Gasteiger partial charge in [0.2, 0.25) is 10.0 Å². The summed E-state index contributed by atoms with van der Waals surface area (Å²) in [6.45, 7) is 0.586. The van der Waals surface area contributed by atoms with Crippen LogP contribution in [0.25, 0.3) is 0 Å². The normalized spacial score (nSPS) is 15.6. The fourth-order valence-electron chi connectivity index (χ4n) is 2.05. The predicted molar refractivity (Wildman–Crippen MR) is 74.4 cm³/mol. The van der Waals surface area contributed by atoms with Gasteiger partial charge in [-0.2, -0.15) is 0 Å². The van der Waals surface area contributed by atoms with E-state index in [1.807, 2.05) is 0 Å². The molecule has 0 unspecified atom stereocenters. The van der Waals surface area contributed by atoms with Crippen molar-refractivity contribution < 1.29 is 13.5 Å². The van der Waals surface area contributed by atoms with Crippen LogP contribution in [0, 0.1) is 5.92 Å². The molecule has 4 nitrogen and oxygen atoms in total. The summed E-state index contributed by atoms with van der Waals surface area (Å²) in [4.78, 5) is 0.292. The Morgan fingerprint density at radius 2 is 1.89 bits per heavy atom. The summed E-state index contributed by atoms with van der Waals surface area (Å²) in [6, 6.07) is 6.67. The molecule has 5 heteroatoms. The Morgan fingerprint density at radius 3 is 2.47 bits per heavy atom. The molecule has 0 spiro atoms. The van der Waals surface area contributed by atoms with E-state index >= 15 is 0 Å². The standard InChI is InChI=1S/C14H21NO3S/c16-11-9-13-5-7-14(8-6-13)19(17,18)15-10-1-2-12-3-4-12/h5-8,12,15-16H,1-4,9-11H2. The molecule has 2 N–H and O–H groups in total. The molecule has 0 bridgehead atoms. The van der Waals surface area contributed by atoms with Gasteiger partial charge in [0.25, 0.3) is 0 Å². The molecule has 1 aliphatic rings. The Hall–Kier alpha value is -0.910. The van der Waals surface area contributed by atoms with Crippen LogP contribution < -0.4 is 4.72 Å². The van der Waals surface area contributed by atoms with Gasteiger partial charge in [0.15, 0.2) is 0 Å². The van der Waals surface area contributed by atoms with Crippen molar-refractivity contribution in [2.45, 2.75) is 37.0 Å². The number of nitrogens with one attached hydrogen (secondary N) is 1. The number of sulfonamides is 1. The smallest absolute Gasteiger partial charge is 0.240 e. The minimum absolute atomic E-state index is 0.0749. The second-order valence-electron chi connectivity index (χ2n) is 5.10. The van der Waals surface area contributed by atoms with Crippen molar-refractivity contribution in [2.75, 3.05) is 13.2 Å². The van der Waals surface area contributed by atoms with E-state index in [-0.39, 0.29) is 6.61 Å². The lowest BCUT2D eigenvalue weighted by atomic mass is 10.2. The van der Waals surface area contributed by atoms with E-state index in [9.17, 15) is 8.42 Å². The Labute approximate surface area is 114 Å². The van der Waals surface area contributed by atoms with Gasteiger partial charge in [-0.25, -0.2) is 13.1 Å². The fourth-order valence-corrected chi connectivity index (χ4v) is 3.13. The lowest BCUT2D eigenvalue weighted by molar-refractivity contribution is 0.299. The highest BCUT2D eigenvalue weighted by Crippen LogP contribution is 2.33. The summed E-state index contributed by atoms with van der Waals surface area (Å²) in [6.07, 6.45) is 5.19. The van der Waals surface area contributed by atoms with E-state index in [1.54, 1.807) is 24.3 Å². The Balaban J connectivity index is 1.86. The summed E-state index contributed by atoms with van der Waals surface area (Å²) in [5, 5.41) is 8.81. The SMILES string of the molecule is O=S(=O)(NCCCC1CC1)c1ccc(CCO)cc1. The average molecular weight is 283 g/mol. The van der Waals surface area contributed by atoms with Crippen LogP contribution in [0.4, 0.5) is 0 Å². The number of aliphatic hydroxyl groups excluding tert-OH is 1. The van der Waals surface area contributed by atoms with Gasteiger partial charge in [-0.1, -0.05) is 25.0 Å². The van der Waals surface area contributed by atoms with Crippen LogP contribution in [0.1, 0.15) is 31.2 Å². The Kier molecular flexibility index (Phi) is 4.96. The highest BCUT2D eigenvalue weighted by Gasteiger charge is 2.20. The number of hydrogen-bond acceptors (Lipinski definition) is 3. The molecule has 0 aliphatic heterocycles. The average Bonchev–Trinajstić information content (AvgIpc) is 3.20. The third-order valence-electron chi connectivity index (χ3n) is 3.41. The summed E-state index contributed by atoms with van der Waals surface area (Å²) in [5.74, 6) is 0.835. The molecule has 19 heavy (non-hydrogen) atoms. The molecule has 0 heterocycles. The molecule has 1 aromatic rings. The zero-order chi connectivity index (χ0) is 13.7. The fraction of sp³-hybridized carbons (Fsp3) is 0.571. The second kappa shape index (κ2) is 6.50. The van der Waals surface area contributed by atoms with Crippen LogP contribution in [0.15, 0.2) is 29.2 Å². The van der Waals surface area contributed by atoms with E-state index in [2.05, 4.69) is 4.72 Å². The molecule has 0 radical (unpaired) electrons. The first-order valence-electron chi connectivity index (χ1n) is 6.81. The van der Waals surface area contributed by atoms with Crippen LogP contribution >= 0.6 is 0 Å². The van der Waals surface area contributed by atoms with Crippen LogP contribution in [0.5, 0.6) is 0 Å². The molecule has 0 saturated heterocycles. The Morgan fingerprint density at radius 1 is 1.21 bits per heavy atom. The molecule has 0 aromatic heterocycles. The number of benzene rings is 1. The zero-order valence-corrected chi connectivity index (χ0v) is 11.8. The van der Waals surface area contributed by atoms with Gasteiger partial charge < -0.3 is 5.11 Å². The first-order chi connectivity index (χ1) is 9.12. The van der Waals surface area contributed by atoms with Crippen molar-refractivity contribution in [1.82, 2.24) is 4.72 Å². The summed E-state index contributed by atoms with van der Waals surface area (Å²) < 4.78 is 26.6. The number of hydrogen-bond donors (Lipinski definition) is 2. The highest BCUT2D eigenvalue weighted by atomic mass is 32.2. The lowest BCUT2D eigenvalue weighted by Crippen LogP contribution is -2.24. The topological polar surface area (TPSA) is 66.4 Å². The van der Waals surface area contributed by atoms with E-state index < -0.39 is 10.0 Å². The molecule has 1 saturated carbocycles. The predicted octanol–water partition coefficient (Wildman–Crippen LogP) is 1.69. The van der Waals surface area contributed by atoms with Crippen LogP contribution in [0.3, 0.4) is 0 Å². The van der Waals surface area contributed by atoms with Crippen molar-refractivity contribution in [3.8, 4) is 0 Å². The van der Waals surface area contributed by atoms with Crippen molar-refractivity contribution in [3.63, 3.8) is 0 Å². The van der Waals surface area contributed by atoms with Gasteiger partial charge in [-0.05, 0) is 42.9 Å². The van der Waals surface area contributed by atoms with Crippen molar-refractivity contribution in [3.05, 3.63) is 29.8 Å². The molecule has 2 rings (SSSR count). The quantitative estimate of drug-likeness (QED) is 0.714. The maximum Gasteiger partial charge on any atom is 0.240 e. The summed E-state index contributed by atoms with van der Waals surface area (Å²) >= 11 is 0. The highest BCUT2D eigenvalue weighted by molar-refractivity contribution is 7.89. The molecule has 1 aliphatic carbocycles. The minimum Gasteiger partial charge on any atom is -0.396 e. The van der Waals surface area contributed by atoms with Crippen molar-refractivity contribution >= 4 is 10.0 Å². The van der Waals surface area contributed by atoms with E-state index in [0.717, 1.165) is 24.3 Å². The zero-order valence-electron chi connectivity index (χ0n) is 11.0. The molecule has 0 atom stereocenters. The van der Waals surface area contributed by atoms with E-state index in [0.29, 0.717) is 17.9 Å². The van der Waals surface area contributed by atoms with E-state index in [4.69, 9.17) is 5.11 Å². The minimum atomic E-state index is -3.38. The summed E-state index contributed by atoms with van der Waals surface area (Å²) in [5.41, 5.74) is 0.940. The van der Waals surface area contributed by atoms with Gasteiger partial charge in [0.05, 0.1) is 4.90 Å². The molecule has 106 valence electrons. The van der Waals surface area contributed by atoms with Crippen LogP contribution in [0.2, 0.25) is 0 Å². The molecule has 1 fully saturated rings. The molecular weight excluding hydrogens is 262 g/mol. The number of aliphatic hydroxyl groups is 1. The largest absolute Gasteiger partial charge is 0.396 e. The first-order valence-corrected chi connectivity index (χ1v) is 8.29. The van der Waals surface area contributed by atoms with Gasteiger partial charge in [0, 0.05) is 13.2 Å². The monoisotopic (exact) mass is 283 g/mol. The second-order valence-corrected chi connectivity index (χ2v) is 6.87. The van der Waals surface area contributed by atoms with Crippen LogP contribution in [-0.4, -0.2) is 26.7 Å². The maximum atomic E-state index is 12.0. The summed E-state index contributed by atoms with van der Waals surface area (Å²) in [7, 11) is -3.38. The van der Waals surface area contributed by atoms with Gasteiger partial charge >= 0.3 is 0 Å². The molecule has 1 aromatic carbocycles. The lowest BCUT2D eigenvalue weighted by Gasteiger charge is -2.07. The van der Waals surface area contributed by atoms with Gasteiger partial charge in [0.1, 0.15) is 0 Å². The molecule has 0 amide bonds. The third kappa shape index (κ3) is 4.60. The maximum absolute atomic E-state index is 12.0.